The zero-order chi connectivity index (χ0) is 22.6. The van der Waals surface area contributed by atoms with Crippen molar-refractivity contribution in [2.75, 3.05) is 10.6 Å². The monoisotopic (exact) mass is 456 g/mol. The number of aryl methyl sites for hydroxylation is 1. The van der Waals surface area contributed by atoms with E-state index in [2.05, 4.69) is 51.3 Å². The second kappa shape index (κ2) is 9.21. The van der Waals surface area contributed by atoms with Gasteiger partial charge in [0.05, 0.1) is 35.1 Å². The lowest BCUT2D eigenvalue weighted by Gasteiger charge is -2.28. The molecule has 0 unspecified atom stereocenters. The van der Waals surface area contributed by atoms with Gasteiger partial charge < -0.3 is 9.74 Å². The standard InChI is InChI=1S/C21H28N6O2SSi/c1-13-7-8-15(25-14-9-22-12-23-10-14)17(24-13)18(28)27-19-26-16(11-30-19)21(5,6)29-31-20(2,3)4/h7-12,25H,31H2,1-6H3,(H,26,27,28). The molecule has 0 aromatic carbocycles. The molecule has 3 heterocycles. The number of anilines is 3. The van der Waals surface area contributed by atoms with E-state index >= 15 is 0 Å². The number of aromatic nitrogens is 4. The summed E-state index contributed by atoms with van der Waals surface area (Å²) in [5, 5.41) is 8.64. The van der Waals surface area contributed by atoms with E-state index in [1.54, 1.807) is 12.4 Å². The zero-order valence-corrected chi connectivity index (χ0v) is 20.9. The second-order valence-corrected chi connectivity index (χ2v) is 12.5. The predicted molar refractivity (Wildman–Crippen MR) is 127 cm³/mol. The van der Waals surface area contributed by atoms with Gasteiger partial charge in [-0.1, -0.05) is 20.8 Å². The number of pyridine rings is 1. The molecule has 0 radical (unpaired) electrons. The first-order valence-electron chi connectivity index (χ1n) is 9.94. The van der Waals surface area contributed by atoms with E-state index in [0.29, 0.717) is 16.5 Å². The first kappa shape index (κ1) is 23.0. The minimum absolute atomic E-state index is 0.189. The molecular formula is C21H28N6O2SSi. The van der Waals surface area contributed by atoms with Crippen molar-refractivity contribution in [1.29, 1.82) is 0 Å². The lowest BCUT2D eigenvalue weighted by molar-refractivity contribution is 0.101. The van der Waals surface area contributed by atoms with Crippen molar-refractivity contribution in [3.63, 3.8) is 0 Å². The molecule has 0 saturated heterocycles. The Hall–Kier alpha value is -2.69. The summed E-state index contributed by atoms with van der Waals surface area (Å²) in [5.41, 5.74) is 2.55. The maximum absolute atomic E-state index is 13.0. The van der Waals surface area contributed by atoms with Crippen molar-refractivity contribution in [2.24, 2.45) is 0 Å². The molecule has 10 heteroatoms. The largest absolute Gasteiger partial charge is 0.413 e. The molecule has 0 aliphatic heterocycles. The van der Waals surface area contributed by atoms with Crippen molar-refractivity contribution in [1.82, 2.24) is 19.9 Å². The van der Waals surface area contributed by atoms with Crippen LogP contribution in [0, 0.1) is 6.92 Å². The van der Waals surface area contributed by atoms with E-state index < -0.39 is 15.4 Å². The summed E-state index contributed by atoms with van der Waals surface area (Å²) in [6, 6.07) is 3.65. The van der Waals surface area contributed by atoms with Crippen molar-refractivity contribution < 1.29 is 9.22 Å². The van der Waals surface area contributed by atoms with E-state index in [-0.39, 0.29) is 16.6 Å². The number of thiazole rings is 1. The van der Waals surface area contributed by atoms with Crippen LogP contribution in [0.3, 0.4) is 0 Å². The SMILES string of the molecule is Cc1ccc(Nc2cncnc2)c(C(=O)Nc2nc(C(C)(C)O[SiH2]C(C)(C)C)cs2)n1. The number of nitrogens with zero attached hydrogens (tertiary/aromatic N) is 4. The number of carbonyl (C=O) groups excluding carboxylic acids is 1. The van der Waals surface area contributed by atoms with Crippen LogP contribution in [0.2, 0.25) is 5.04 Å². The molecule has 0 bridgehead atoms. The summed E-state index contributed by atoms with van der Waals surface area (Å²) in [6.07, 6.45) is 4.71. The molecule has 1 amide bonds. The average molecular weight is 457 g/mol. The molecular weight excluding hydrogens is 428 g/mol. The van der Waals surface area contributed by atoms with Crippen LogP contribution in [-0.4, -0.2) is 35.6 Å². The Labute approximate surface area is 188 Å². The number of carbonyl (C=O) groups is 1. The lowest BCUT2D eigenvalue weighted by atomic mass is 10.1. The molecule has 0 fully saturated rings. The van der Waals surface area contributed by atoms with Gasteiger partial charge in [-0.15, -0.1) is 11.3 Å². The van der Waals surface area contributed by atoms with Gasteiger partial charge in [-0.25, -0.2) is 19.9 Å². The first-order valence-corrected chi connectivity index (χ1v) is 12.1. The van der Waals surface area contributed by atoms with E-state index in [4.69, 9.17) is 4.43 Å². The van der Waals surface area contributed by atoms with Crippen LogP contribution in [0.15, 0.2) is 36.2 Å². The minimum Gasteiger partial charge on any atom is -0.413 e. The Balaban J connectivity index is 1.76. The van der Waals surface area contributed by atoms with Gasteiger partial charge in [0.15, 0.2) is 20.6 Å². The Bertz CT molecular complexity index is 1050. The number of hydrogen-bond acceptors (Lipinski definition) is 8. The van der Waals surface area contributed by atoms with E-state index in [0.717, 1.165) is 11.4 Å². The molecule has 0 aliphatic carbocycles. The molecule has 0 aliphatic rings. The quantitative estimate of drug-likeness (QED) is 0.514. The number of rotatable bonds is 7. The number of hydrogen-bond donors (Lipinski definition) is 2. The van der Waals surface area contributed by atoms with Gasteiger partial charge >= 0.3 is 0 Å². The van der Waals surface area contributed by atoms with E-state index in [1.165, 1.54) is 17.7 Å². The molecule has 164 valence electrons. The molecule has 3 aromatic heterocycles. The van der Waals surface area contributed by atoms with E-state index in [9.17, 15) is 4.79 Å². The van der Waals surface area contributed by atoms with Crippen LogP contribution >= 0.6 is 11.3 Å². The Morgan fingerprint density at radius 2 is 1.81 bits per heavy atom. The Morgan fingerprint density at radius 3 is 2.48 bits per heavy atom. The van der Waals surface area contributed by atoms with Crippen LogP contribution in [0.1, 0.15) is 56.5 Å². The van der Waals surface area contributed by atoms with Crippen LogP contribution in [0.5, 0.6) is 0 Å². The normalized spacial score (nSPS) is 12.3. The smallest absolute Gasteiger partial charge is 0.278 e. The maximum atomic E-state index is 13.0. The predicted octanol–water partition coefficient (Wildman–Crippen LogP) is 4.19. The van der Waals surface area contributed by atoms with Gasteiger partial charge in [0, 0.05) is 11.1 Å². The second-order valence-electron chi connectivity index (χ2n) is 8.95. The highest BCUT2D eigenvalue weighted by Crippen LogP contribution is 2.31. The van der Waals surface area contributed by atoms with Gasteiger partial charge in [-0.05, 0) is 37.9 Å². The van der Waals surface area contributed by atoms with Crippen LogP contribution < -0.4 is 10.6 Å². The molecule has 31 heavy (non-hydrogen) atoms. The topological polar surface area (TPSA) is 102 Å². The summed E-state index contributed by atoms with van der Waals surface area (Å²) in [4.78, 5) is 30.0. The van der Waals surface area contributed by atoms with Gasteiger partial charge in [0.25, 0.3) is 5.91 Å². The van der Waals surface area contributed by atoms with Gasteiger partial charge in [0.2, 0.25) is 0 Å². The van der Waals surface area contributed by atoms with Gasteiger partial charge in [0.1, 0.15) is 6.33 Å². The fourth-order valence-electron chi connectivity index (χ4n) is 2.58. The van der Waals surface area contributed by atoms with Gasteiger partial charge in [-0.3, -0.25) is 10.1 Å². The highest BCUT2D eigenvalue weighted by Gasteiger charge is 2.27. The highest BCUT2D eigenvalue weighted by molar-refractivity contribution is 7.14. The van der Waals surface area contributed by atoms with Crippen molar-refractivity contribution in [2.45, 2.75) is 52.2 Å². The minimum atomic E-state index is -0.743. The Morgan fingerprint density at radius 1 is 1.10 bits per heavy atom. The van der Waals surface area contributed by atoms with Crippen LogP contribution in [-0.2, 0) is 10.0 Å². The summed E-state index contributed by atoms with van der Waals surface area (Å²) < 4.78 is 6.22. The number of nitrogens with one attached hydrogen (secondary N) is 2. The molecule has 0 saturated carbocycles. The molecule has 3 aromatic rings. The Kier molecular flexibility index (Phi) is 6.82. The summed E-state index contributed by atoms with van der Waals surface area (Å²) >= 11 is 1.37. The summed E-state index contributed by atoms with van der Waals surface area (Å²) in [5.74, 6) is -0.341. The molecule has 3 rings (SSSR count). The average Bonchev–Trinajstić information content (AvgIpc) is 3.18. The fourth-order valence-corrected chi connectivity index (χ4v) is 4.39. The van der Waals surface area contributed by atoms with Crippen molar-refractivity contribution >= 4 is 43.5 Å². The fraction of sp³-hybridized carbons (Fsp3) is 0.381. The molecule has 2 N–H and O–H groups in total. The summed E-state index contributed by atoms with van der Waals surface area (Å²) in [6.45, 7) is 12.4. The molecule has 8 nitrogen and oxygen atoms in total. The summed E-state index contributed by atoms with van der Waals surface area (Å²) in [7, 11) is -0.743. The van der Waals surface area contributed by atoms with E-state index in [1.807, 2.05) is 38.3 Å². The molecule has 0 atom stereocenters. The van der Waals surface area contributed by atoms with Crippen molar-refractivity contribution in [3.8, 4) is 0 Å². The zero-order valence-electron chi connectivity index (χ0n) is 18.7. The maximum Gasteiger partial charge on any atom is 0.278 e. The third kappa shape index (κ3) is 6.39. The first-order chi connectivity index (χ1) is 14.5. The third-order valence-electron chi connectivity index (χ3n) is 4.30. The number of amides is 1. The van der Waals surface area contributed by atoms with Crippen LogP contribution in [0.4, 0.5) is 16.5 Å². The highest BCUT2D eigenvalue weighted by atomic mass is 32.1. The van der Waals surface area contributed by atoms with Crippen molar-refractivity contribution in [3.05, 3.63) is 53.3 Å². The molecule has 0 spiro atoms. The lowest BCUT2D eigenvalue weighted by Crippen LogP contribution is -2.28. The van der Waals surface area contributed by atoms with Gasteiger partial charge in [-0.2, -0.15) is 0 Å². The van der Waals surface area contributed by atoms with Crippen LogP contribution in [0.25, 0.3) is 0 Å². The third-order valence-corrected chi connectivity index (χ3v) is 6.79.